The van der Waals surface area contributed by atoms with Crippen LogP contribution in [-0.4, -0.2) is 102 Å². The number of halogens is 1. The number of allylic oxidation sites excluding steroid dienone is 1. The maximum Gasteiger partial charge on any atom is 0.247 e. The average Bonchev–Trinajstić information content (AvgIpc) is 3.86. The van der Waals surface area contributed by atoms with Crippen molar-refractivity contribution in [3.63, 3.8) is 0 Å². The number of fused-ring (bicyclic) bond motifs is 4. The third kappa shape index (κ3) is 8.85. The number of nitrogens with zero attached hydrogens (tertiary/aromatic N) is 9. The fourth-order valence-electron chi connectivity index (χ4n) is 7.81. The van der Waals surface area contributed by atoms with Gasteiger partial charge in [-0.25, -0.2) is 13.6 Å². The number of piperidine rings is 1. The number of nitrogens with two attached hydrogens (primary N) is 1. The van der Waals surface area contributed by atoms with Crippen molar-refractivity contribution >= 4 is 75.1 Å². The van der Waals surface area contributed by atoms with E-state index in [-0.39, 0.29) is 23.5 Å². The first kappa shape index (κ1) is 43.4. The van der Waals surface area contributed by atoms with Gasteiger partial charge in [-0.1, -0.05) is 19.1 Å². The van der Waals surface area contributed by atoms with Crippen LogP contribution >= 0.6 is 0 Å². The van der Waals surface area contributed by atoms with Crippen LogP contribution in [0.15, 0.2) is 83.0 Å². The number of benzene rings is 3. The van der Waals surface area contributed by atoms with E-state index in [4.69, 9.17) is 20.7 Å². The molecule has 3 saturated heterocycles. The normalized spacial score (nSPS) is 16.6. The van der Waals surface area contributed by atoms with Gasteiger partial charge in [-0.2, -0.15) is 14.6 Å². The zero-order chi connectivity index (χ0) is 44.1. The SMILES string of the molecule is CCCN(C=O)c1nn(C)c2cc(N3CC4CC(C3)N4Cc3cccc(S(=O)c4ccc(Nc5nc6c(OC(C)C)c(/C(C=N)=C/N)ncn6n5)c(F)c4)c3)ccc12.CNC=O. The molecule has 5 N–H and O–H groups in total. The van der Waals surface area contributed by atoms with Crippen LogP contribution < -0.4 is 30.9 Å². The van der Waals surface area contributed by atoms with E-state index in [2.05, 4.69) is 58.8 Å². The van der Waals surface area contributed by atoms with Gasteiger partial charge in [0.2, 0.25) is 24.4 Å². The van der Waals surface area contributed by atoms with Crippen molar-refractivity contribution in [2.45, 2.75) is 68.1 Å². The lowest BCUT2D eigenvalue weighted by Crippen LogP contribution is -2.68. The Hall–Kier alpha value is -6.73. The number of hydrogen-bond donors (Lipinski definition) is 4. The Bertz CT molecular complexity index is 2650. The second kappa shape index (κ2) is 18.9. The maximum absolute atomic E-state index is 15.6. The molecule has 0 saturated carbocycles. The van der Waals surface area contributed by atoms with Crippen molar-refractivity contribution in [2.24, 2.45) is 12.8 Å². The number of aryl methyl sites for hydroxylation is 1. The molecule has 2 amide bonds. The molecule has 3 aliphatic rings. The molecule has 6 heterocycles. The number of carbonyl (C=O) groups is 2. The lowest BCUT2D eigenvalue weighted by molar-refractivity contribution is -0.109. The van der Waals surface area contributed by atoms with Gasteiger partial charge in [-0.05, 0) is 80.8 Å². The van der Waals surface area contributed by atoms with E-state index >= 15 is 4.39 Å². The van der Waals surface area contributed by atoms with Crippen molar-refractivity contribution in [3.05, 3.63) is 90.3 Å². The molecule has 17 nitrogen and oxygen atoms in total. The largest absolute Gasteiger partial charge is 0.485 e. The highest BCUT2D eigenvalue weighted by Gasteiger charge is 2.44. The number of nitrogens with one attached hydrogen (secondary N) is 3. The lowest BCUT2D eigenvalue weighted by Gasteiger charge is -2.57. The minimum atomic E-state index is -1.62. The number of anilines is 4. The van der Waals surface area contributed by atoms with E-state index in [9.17, 15) is 9.00 Å². The molecule has 9 rings (SSSR count). The summed E-state index contributed by atoms with van der Waals surface area (Å²) < 4.78 is 38.6. The Morgan fingerprint density at radius 1 is 1.10 bits per heavy atom. The molecule has 324 valence electrons. The fourth-order valence-corrected chi connectivity index (χ4v) is 8.95. The molecule has 62 heavy (non-hydrogen) atoms. The van der Waals surface area contributed by atoms with E-state index in [1.165, 1.54) is 29.2 Å². The lowest BCUT2D eigenvalue weighted by atomic mass is 9.86. The Balaban J connectivity index is 0.00000139. The number of aromatic nitrogens is 6. The molecule has 3 aliphatic heterocycles. The number of piperazine rings is 1. The summed E-state index contributed by atoms with van der Waals surface area (Å²) in [5.74, 6) is 0.457. The van der Waals surface area contributed by atoms with Crippen LogP contribution in [0.3, 0.4) is 0 Å². The Labute approximate surface area is 360 Å². The average molecular weight is 864 g/mol. The maximum atomic E-state index is 15.6. The van der Waals surface area contributed by atoms with E-state index < -0.39 is 16.6 Å². The first-order valence-corrected chi connectivity index (χ1v) is 21.4. The summed E-state index contributed by atoms with van der Waals surface area (Å²) in [6.07, 6.45) is 6.97. The van der Waals surface area contributed by atoms with Crippen LogP contribution in [0.4, 0.5) is 27.5 Å². The molecule has 3 unspecified atom stereocenters. The third-order valence-electron chi connectivity index (χ3n) is 10.7. The molecule has 3 fully saturated rings. The van der Waals surface area contributed by atoms with E-state index in [0.29, 0.717) is 57.6 Å². The van der Waals surface area contributed by atoms with Gasteiger partial charge in [-0.3, -0.25) is 24.1 Å². The van der Waals surface area contributed by atoms with Crippen LogP contribution in [0.25, 0.3) is 22.1 Å². The minimum Gasteiger partial charge on any atom is -0.485 e. The van der Waals surface area contributed by atoms with Crippen LogP contribution in [0.5, 0.6) is 5.75 Å². The number of hydrogen-bond acceptors (Lipinski definition) is 13. The highest BCUT2D eigenvalue weighted by molar-refractivity contribution is 7.85. The zero-order valence-electron chi connectivity index (χ0n) is 35.2. The second-order valence-corrected chi connectivity index (χ2v) is 16.7. The van der Waals surface area contributed by atoms with Gasteiger partial charge in [0.25, 0.3) is 0 Å². The van der Waals surface area contributed by atoms with Gasteiger partial charge in [0.15, 0.2) is 11.6 Å². The smallest absolute Gasteiger partial charge is 0.247 e. The van der Waals surface area contributed by atoms with Crippen molar-refractivity contribution in [2.75, 3.05) is 41.8 Å². The van der Waals surface area contributed by atoms with Crippen LogP contribution in [0.1, 0.15) is 44.9 Å². The molecule has 0 radical (unpaired) electrons. The highest BCUT2D eigenvalue weighted by Crippen LogP contribution is 2.38. The molecule has 3 atom stereocenters. The van der Waals surface area contributed by atoms with E-state index in [0.717, 1.165) is 67.3 Å². The fraction of sp³-hybridized carbons (Fsp3) is 0.326. The first-order chi connectivity index (χ1) is 30.0. The van der Waals surface area contributed by atoms with Crippen molar-refractivity contribution in [3.8, 4) is 5.75 Å². The molecular formula is C43H50FN13O4S. The summed E-state index contributed by atoms with van der Waals surface area (Å²) in [6.45, 7) is 8.87. The molecule has 3 aromatic carbocycles. The third-order valence-corrected chi connectivity index (χ3v) is 12.1. The number of ether oxygens (including phenoxy) is 1. The Morgan fingerprint density at radius 3 is 2.52 bits per heavy atom. The van der Waals surface area contributed by atoms with Gasteiger partial charge < -0.3 is 31.4 Å². The topological polar surface area (TPSA) is 205 Å². The number of carbonyl (C=O) groups excluding carboxylic acids is 2. The van der Waals surface area contributed by atoms with Crippen molar-refractivity contribution < 1.29 is 22.9 Å². The summed E-state index contributed by atoms with van der Waals surface area (Å²) in [7, 11) is 1.85. The van der Waals surface area contributed by atoms with Crippen LogP contribution in [-0.2, 0) is 34.0 Å². The van der Waals surface area contributed by atoms with Gasteiger partial charge >= 0.3 is 0 Å². The molecule has 19 heteroatoms. The highest BCUT2D eigenvalue weighted by atomic mass is 32.2. The Kier molecular flexibility index (Phi) is 13.2. The van der Waals surface area contributed by atoms with E-state index in [1.54, 1.807) is 18.0 Å². The second-order valence-electron chi connectivity index (χ2n) is 15.2. The standard InChI is InChI=1S/C41H45FN12O3S.C2H5NO/c1-5-13-51(24-55)39-33-11-9-28(16-36(33)50(4)48-39)52-21-29-15-30(22-52)53(29)20-26-7-6-8-31(14-26)58(56)32-10-12-35(34(42)17-32)46-41-47-40-38(57-25(2)3)37(27(18-43)19-44)45-23-54(40)49-41;1-3-2-4/h6-12,14,16-19,23-25,29-30,43H,5,13,15,20-22,44H2,1-4H3,(H,46,49);2H,1H3,(H,3,4)/b27-19+,43-18?;. The quantitative estimate of drug-likeness (QED) is 0.0751. The predicted octanol–water partition coefficient (Wildman–Crippen LogP) is 4.99. The molecule has 2 bridgehead atoms. The molecule has 0 spiro atoms. The monoisotopic (exact) mass is 863 g/mol. The van der Waals surface area contributed by atoms with Crippen molar-refractivity contribution in [1.29, 1.82) is 5.41 Å². The summed E-state index contributed by atoms with van der Waals surface area (Å²) in [5.41, 5.74) is 9.99. The van der Waals surface area contributed by atoms with Gasteiger partial charge in [0.1, 0.15) is 17.8 Å². The Morgan fingerprint density at radius 2 is 1.85 bits per heavy atom. The number of amides is 2. The summed E-state index contributed by atoms with van der Waals surface area (Å²) in [6, 6.07) is 19.2. The first-order valence-electron chi connectivity index (χ1n) is 20.2. The number of rotatable bonds is 16. The minimum absolute atomic E-state index is 0.0954. The van der Waals surface area contributed by atoms with Gasteiger partial charge in [0.05, 0.1) is 28.1 Å². The zero-order valence-corrected chi connectivity index (χ0v) is 36.0. The van der Waals surface area contributed by atoms with Crippen LogP contribution in [0.2, 0.25) is 0 Å². The molecule has 3 aromatic heterocycles. The summed E-state index contributed by atoms with van der Waals surface area (Å²) in [5, 5.41) is 22.9. The molecule has 0 aliphatic carbocycles. The molecular weight excluding hydrogens is 814 g/mol. The predicted molar refractivity (Wildman–Crippen MR) is 238 cm³/mol. The summed E-state index contributed by atoms with van der Waals surface area (Å²) in [4.78, 5) is 37.2. The van der Waals surface area contributed by atoms with Gasteiger partial charge in [-0.15, -0.1) is 5.10 Å². The summed E-state index contributed by atoms with van der Waals surface area (Å²) >= 11 is 0. The molecule has 6 aromatic rings. The van der Waals surface area contributed by atoms with Gasteiger partial charge in [0, 0.05) is 91.2 Å². The van der Waals surface area contributed by atoms with Crippen molar-refractivity contribution in [1.82, 2.24) is 39.6 Å². The van der Waals surface area contributed by atoms with E-state index in [1.807, 2.05) is 56.8 Å². The van der Waals surface area contributed by atoms with Crippen LogP contribution in [0, 0.1) is 11.2 Å².